The van der Waals surface area contributed by atoms with Gasteiger partial charge in [-0.1, -0.05) is 32.4 Å². The van der Waals surface area contributed by atoms with Crippen molar-refractivity contribution in [3.8, 4) is 5.75 Å². The van der Waals surface area contributed by atoms with E-state index >= 15 is 0 Å². The molecule has 0 aliphatic heterocycles. The van der Waals surface area contributed by atoms with Crippen molar-refractivity contribution in [3.05, 3.63) is 63.5 Å². The number of nitrogens with zero attached hydrogens (tertiary/aromatic N) is 1. The van der Waals surface area contributed by atoms with Crippen LogP contribution in [-0.4, -0.2) is 35.9 Å². The minimum atomic E-state index is -0.625. The molecule has 0 saturated carbocycles. The van der Waals surface area contributed by atoms with Crippen LogP contribution in [0.25, 0.3) is 0 Å². The van der Waals surface area contributed by atoms with E-state index in [-0.39, 0.29) is 30.8 Å². The largest absolute Gasteiger partial charge is 0.484 e. The Morgan fingerprint density at radius 1 is 1.10 bits per heavy atom. The number of nitrogens with one attached hydrogen (secondary N) is 1. The van der Waals surface area contributed by atoms with Crippen molar-refractivity contribution in [1.29, 1.82) is 0 Å². The molecule has 2 aromatic rings. The molecule has 0 bridgehead atoms. The first-order valence-corrected chi connectivity index (χ1v) is 11.2. The lowest BCUT2D eigenvalue weighted by Gasteiger charge is -2.30. The summed E-state index contributed by atoms with van der Waals surface area (Å²) in [6.45, 7) is 4.52. The first-order valence-electron chi connectivity index (χ1n) is 10.1. The van der Waals surface area contributed by atoms with Crippen molar-refractivity contribution in [3.63, 3.8) is 0 Å². The average molecular weight is 526 g/mol. The summed E-state index contributed by atoms with van der Waals surface area (Å²) < 4.78 is 20.0. The summed E-state index contributed by atoms with van der Waals surface area (Å²) in [5.74, 6) is -0.236. The summed E-state index contributed by atoms with van der Waals surface area (Å²) in [6.07, 6.45) is 2.32. The third-order valence-corrected chi connectivity index (χ3v) is 5.38. The molecule has 0 heterocycles. The van der Waals surface area contributed by atoms with Crippen molar-refractivity contribution < 1.29 is 18.7 Å². The highest BCUT2D eigenvalue weighted by Gasteiger charge is 2.28. The van der Waals surface area contributed by atoms with E-state index in [1.807, 2.05) is 19.1 Å². The van der Waals surface area contributed by atoms with Gasteiger partial charge >= 0.3 is 0 Å². The topological polar surface area (TPSA) is 58.6 Å². The van der Waals surface area contributed by atoms with Crippen LogP contribution in [0.4, 0.5) is 4.39 Å². The predicted octanol–water partition coefficient (Wildman–Crippen LogP) is 4.53. The molecule has 0 aliphatic carbocycles. The van der Waals surface area contributed by atoms with Gasteiger partial charge in [-0.15, -0.1) is 0 Å². The van der Waals surface area contributed by atoms with Gasteiger partial charge in [0.25, 0.3) is 5.91 Å². The first kappa shape index (κ1) is 24.1. The number of halogens is 2. The van der Waals surface area contributed by atoms with Gasteiger partial charge < -0.3 is 15.0 Å². The maximum Gasteiger partial charge on any atom is 0.261 e. The monoisotopic (exact) mass is 526 g/mol. The predicted molar refractivity (Wildman–Crippen MR) is 124 cm³/mol. The molecular weight excluding hydrogens is 498 g/mol. The third kappa shape index (κ3) is 7.59. The van der Waals surface area contributed by atoms with Crippen molar-refractivity contribution in [2.24, 2.45) is 0 Å². The number of carbonyl (C=O) groups is 2. The number of carbonyl (C=O) groups excluding carboxylic acids is 2. The highest BCUT2D eigenvalue weighted by Crippen LogP contribution is 2.16. The molecule has 2 amide bonds. The fraction of sp³-hybridized carbons (Fsp3) is 0.391. The standard InChI is InChI=1S/C23H28FIN2O3/c1-3-5-14-26-23(29)21(4-2)27(15-17-6-8-18(24)9-7-17)22(28)16-30-20-12-10-19(25)11-13-20/h6-13,21H,3-5,14-16H2,1-2H3,(H,26,29). The number of rotatable bonds is 11. The minimum Gasteiger partial charge on any atom is -0.484 e. The number of unbranched alkanes of at least 4 members (excludes halogenated alkanes) is 1. The van der Waals surface area contributed by atoms with Gasteiger partial charge in [0.2, 0.25) is 5.91 Å². The average Bonchev–Trinajstić information content (AvgIpc) is 2.74. The van der Waals surface area contributed by atoms with E-state index < -0.39 is 6.04 Å². The van der Waals surface area contributed by atoms with Gasteiger partial charge in [0.05, 0.1) is 0 Å². The number of ether oxygens (including phenoxy) is 1. The van der Waals surface area contributed by atoms with E-state index in [9.17, 15) is 14.0 Å². The molecule has 2 rings (SSSR count). The zero-order chi connectivity index (χ0) is 21.9. The van der Waals surface area contributed by atoms with Crippen LogP contribution in [-0.2, 0) is 16.1 Å². The van der Waals surface area contributed by atoms with Crippen LogP contribution in [0.1, 0.15) is 38.7 Å². The van der Waals surface area contributed by atoms with Gasteiger partial charge in [0, 0.05) is 16.7 Å². The summed E-state index contributed by atoms with van der Waals surface area (Å²) in [4.78, 5) is 27.3. The zero-order valence-electron chi connectivity index (χ0n) is 17.4. The van der Waals surface area contributed by atoms with E-state index in [0.717, 1.165) is 22.0 Å². The fourth-order valence-corrected chi connectivity index (χ4v) is 3.33. The quantitative estimate of drug-likeness (QED) is 0.346. The Morgan fingerprint density at radius 2 is 1.77 bits per heavy atom. The highest BCUT2D eigenvalue weighted by molar-refractivity contribution is 14.1. The Hall–Kier alpha value is -2.16. The van der Waals surface area contributed by atoms with Gasteiger partial charge in [-0.3, -0.25) is 9.59 Å². The number of hydrogen-bond acceptors (Lipinski definition) is 3. The van der Waals surface area contributed by atoms with Crippen LogP contribution in [0.15, 0.2) is 48.5 Å². The highest BCUT2D eigenvalue weighted by atomic mass is 127. The molecule has 0 radical (unpaired) electrons. The lowest BCUT2D eigenvalue weighted by molar-refractivity contribution is -0.143. The second-order valence-electron chi connectivity index (χ2n) is 6.96. The van der Waals surface area contributed by atoms with Gasteiger partial charge in [-0.25, -0.2) is 4.39 Å². The molecule has 1 atom stereocenters. The molecule has 7 heteroatoms. The third-order valence-electron chi connectivity index (χ3n) is 4.66. The summed E-state index contributed by atoms with van der Waals surface area (Å²) >= 11 is 2.20. The van der Waals surface area contributed by atoms with E-state index in [1.165, 1.54) is 17.0 Å². The van der Waals surface area contributed by atoms with Crippen molar-refractivity contribution in [2.75, 3.05) is 13.2 Å². The van der Waals surface area contributed by atoms with Crippen molar-refractivity contribution in [2.45, 2.75) is 45.7 Å². The summed E-state index contributed by atoms with van der Waals surface area (Å²) in [7, 11) is 0. The van der Waals surface area contributed by atoms with Crippen LogP contribution < -0.4 is 10.1 Å². The lowest BCUT2D eigenvalue weighted by atomic mass is 10.1. The fourth-order valence-electron chi connectivity index (χ4n) is 2.97. The van der Waals surface area contributed by atoms with Crippen LogP contribution in [0.2, 0.25) is 0 Å². The Kier molecular flexibility index (Phi) is 10.1. The van der Waals surface area contributed by atoms with Crippen LogP contribution in [0.3, 0.4) is 0 Å². The van der Waals surface area contributed by atoms with Crippen LogP contribution in [0, 0.1) is 9.39 Å². The number of amides is 2. The molecule has 0 spiro atoms. The van der Waals surface area contributed by atoms with Crippen molar-refractivity contribution in [1.82, 2.24) is 10.2 Å². The van der Waals surface area contributed by atoms with Gasteiger partial charge in [0.15, 0.2) is 6.61 Å². The zero-order valence-corrected chi connectivity index (χ0v) is 19.5. The van der Waals surface area contributed by atoms with Crippen LogP contribution in [0.5, 0.6) is 5.75 Å². The maximum atomic E-state index is 13.3. The van der Waals surface area contributed by atoms with Gasteiger partial charge in [-0.2, -0.15) is 0 Å². The first-order chi connectivity index (χ1) is 14.4. The SMILES string of the molecule is CCCCNC(=O)C(CC)N(Cc1ccc(F)cc1)C(=O)COc1ccc(I)cc1. The molecule has 1 unspecified atom stereocenters. The van der Waals surface area contributed by atoms with Crippen molar-refractivity contribution >= 4 is 34.4 Å². The molecule has 5 nitrogen and oxygen atoms in total. The van der Waals surface area contributed by atoms with E-state index in [4.69, 9.17) is 4.74 Å². The molecule has 162 valence electrons. The second-order valence-corrected chi connectivity index (χ2v) is 8.20. The number of benzene rings is 2. The van der Waals surface area contributed by atoms with Gasteiger partial charge in [0.1, 0.15) is 17.6 Å². The Balaban J connectivity index is 2.15. The normalized spacial score (nSPS) is 11.6. The molecule has 0 fully saturated rings. The molecule has 0 aromatic heterocycles. The maximum absolute atomic E-state index is 13.3. The second kappa shape index (κ2) is 12.5. The summed E-state index contributed by atoms with van der Waals surface area (Å²) in [6, 6.07) is 12.7. The molecule has 0 aliphatic rings. The van der Waals surface area contributed by atoms with Gasteiger partial charge in [-0.05, 0) is 77.4 Å². The number of hydrogen-bond donors (Lipinski definition) is 1. The molecular formula is C23H28FIN2O3. The van der Waals surface area contributed by atoms with E-state index in [0.29, 0.717) is 18.7 Å². The summed E-state index contributed by atoms with van der Waals surface area (Å²) in [5.41, 5.74) is 0.749. The molecule has 1 N–H and O–H groups in total. The minimum absolute atomic E-state index is 0.180. The van der Waals surface area contributed by atoms with E-state index in [2.05, 4.69) is 34.8 Å². The summed E-state index contributed by atoms with van der Waals surface area (Å²) in [5, 5.41) is 2.91. The molecule has 30 heavy (non-hydrogen) atoms. The Bertz CT molecular complexity index is 812. The lowest BCUT2D eigenvalue weighted by Crippen LogP contribution is -2.50. The molecule has 0 saturated heterocycles. The van der Waals surface area contributed by atoms with E-state index in [1.54, 1.807) is 24.3 Å². The van der Waals surface area contributed by atoms with Crippen LogP contribution >= 0.6 is 22.6 Å². The Labute approximate surface area is 191 Å². The molecule has 2 aromatic carbocycles. The Morgan fingerprint density at radius 3 is 2.37 bits per heavy atom. The smallest absolute Gasteiger partial charge is 0.261 e.